The zero-order valence-electron chi connectivity index (χ0n) is 13.6. The lowest BCUT2D eigenvalue weighted by molar-refractivity contribution is -0.358. The average molecular weight is 418 g/mol. The molecule has 0 saturated carbocycles. The van der Waals surface area contributed by atoms with Gasteiger partial charge in [0.15, 0.2) is 12.4 Å². The maximum absolute atomic E-state index is 13.3. The molecule has 0 N–H and O–H groups in total. The van der Waals surface area contributed by atoms with Gasteiger partial charge in [-0.15, -0.1) is 0 Å². The Bertz CT molecular complexity index is 820. The molecule has 2 aromatic rings. The van der Waals surface area contributed by atoms with Crippen LogP contribution in [-0.2, 0) is 10.8 Å². The van der Waals surface area contributed by atoms with Crippen LogP contribution in [0.1, 0.15) is 6.92 Å². The van der Waals surface area contributed by atoms with Crippen LogP contribution in [0.15, 0.2) is 41.6 Å². The van der Waals surface area contributed by atoms with E-state index in [-0.39, 0.29) is 0 Å². The van der Waals surface area contributed by atoms with Crippen LogP contribution in [0.5, 0.6) is 5.75 Å². The minimum atomic E-state index is -6.42. The molecule has 0 aliphatic heterocycles. The van der Waals surface area contributed by atoms with Crippen molar-refractivity contribution in [2.75, 3.05) is 12.4 Å². The summed E-state index contributed by atoms with van der Waals surface area (Å²) in [7, 11) is -1.38. The third-order valence-corrected chi connectivity index (χ3v) is 4.77. The summed E-state index contributed by atoms with van der Waals surface area (Å²) in [5.41, 5.74) is 0.319. The van der Waals surface area contributed by atoms with E-state index in [1.807, 2.05) is 0 Å². The topological polar surface area (TPSA) is 44.1 Å². The molecular weight excluding hydrogens is 405 g/mol. The maximum Gasteiger partial charge on any atom is 0.460 e. The van der Waals surface area contributed by atoms with E-state index in [0.29, 0.717) is 16.3 Å². The minimum Gasteiger partial charge on any atom is -0.484 e. The second-order valence-electron chi connectivity index (χ2n) is 5.29. The second-order valence-corrected chi connectivity index (χ2v) is 7.00. The van der Waals surface area contributed by atoms with Gasteiger partial charge < -0.3 is 4.74 Å². The molecule has 1 unspecified atom stereocenters. The number of hydrogen-bond acceptors (Lipinski definition) is 3. The first-order valence-corrected chi connectivity index (χ1v) is 8.70. The van der Waals surface area contributed by atoms with E-state index in [1.54, 1.807) is 25.1 Å². The number of para-hydroxylation sites is 1. The Morgan fingerprint density at radius 3 is 2.33 bits per heavy atom. The van der Waals surface area contributed by atoms with Crippen LogP contribution < -0.4 is 4.74 Å². The van der Waals surface area contributed by atoms with Gasteiger partial charge in [0.1, 0.15) is 0 Å². The van der Waals surface area contributed by atoms with E-state index >= 15 is 0 Å². The average Bonchev–Trinajstić information content (AvgIpc) is 3.07. The zero-order chi connectivity index (χ0) is 20.5. The van der Waals surface area contributed by atoms with Crippen molar-refractivity contribution in [3.63, 3.8) is 0 Å². The third kappa shape index (κ3) is 4.25. The summed E-state index contributed by atoms with van der Waals surface area (Å²) in [5.74, 6) is -11.9. The number of halogens is 7. The SMILES string of the molecule is CCS(=O)c1ccccc1-n1cc(OCC(F)(F)C(F)(F)C(F)(F)F)cn1. The maximum atomic E-state index is 13.3. The Balaban J connectivity index is 2.20. The van der Waals surface area contributed by atoms with Gasteiger partial charge in [-0.1, -0.05) is 19.1 Å². The third-order valence-electron chi connectivity index (χ3n) is 3.41. The predicted octanol–water partition coefficient (Wildman–Crippen LogP) is 4.21. The van der Waals surface area contributed by atoms with Crippen molar-refractivity contribution in [2.24, 2.45) is 0 Å². The van der Waals surface area contributed by atoms with Crippen molar-refractivity contribution in [1.29, 1.82) is 0 Å². The molecule has 27 heavy (non-hydrogen) atoms. The molecule has 0 fully saturated rings. The van der Waals surface area contributed by atoms with Gasteiger partial charge in [-0.3, -0.25) is 4.21 Å². The lowest BCUT2D eigenvalue weighted by Gasteiger charge is -2.27. The first-order chi connectivity index (χ1) is 12.4. The largest absolute Gasteiger partial charge is 0.484 e. The smallest absolute Gasteiger partial charge is 0.460 e. The highest BCUT2D eigenvalue weighted by atomic mass is 32.2. The fraction of sp³-hybridized carbons (Fsp3) is 0.400. The minimum absolute atomic E-state index is 0.292. The number of nitrogens with zero attached hydrogens (tertiary/aromatic N) is 2. The normalized spacial score (nSPS) is 14.2. The molecule has 2 rings (SSSR count). The highest BCUT2D eigenvalue weighted by Gasteiger charge is 2.73. The molecule has 0 aliphatic rings. The Labute approximate surface area is 151 Å². The van der Waals surface area contributed by atoms with Gasteiger partial charge in [0.2, 0.25) is 0 Å². The highest BCUT2D eigenvalue weighted by molar-refractivity contribution is 7.85. The van der Waals surface area contributed by atoms with E-state index in [4.69, 9.17) is 0 Å². The van der Waals surface area contributed by atoms with Gasteiger partial charge in [0.25, 0.3) is 0 Å². The lowest BCUT2D eigenvalue weighted by atomic mass is 10.2. The van der Waals surface area contributed by atoms with Gasteiger partial charge in [-0.2, -0.15) is 35.8 Å². The number of aromatic nitrogens is 2. The summed E-state index contributed by atoms with van der Waals surface area (Å²) in [6.07, 6.45) is -4.55. The molecule has 0 radical (unpaired) electrons. The molecule has 1 aromatic heterocycles. The summed E-state index contributed by atoms with van der Waals surface area (Å²) in [6.45, 7) is -0.527. The number of rotatable bonds is 7. The number of hydrogen-bond donors (Lipinski definition) is 0. The van der Waals surface area contributed by atoms with Crippen molar-refractivity contribution in [2.45, 2.75) is 29.8 Å². The second kappa shape index (κ2) is 7.49. The standard InChI is InChI=1S/C15H13F7N2O2S/c1-2-27(25)12-6-4-3-5-11(12)24-8-10(7-23-24)26-9-13(16,17)14(18,19)15(20,21)22/h3-8H,2,9H2,1H3. The van der Waals surface area contributed by atoms with Gasteiger partial charge in [0, 0.05) is 5.75 Å². The molecule has 0 spiro atoms. The Morgan fingerprint density at radius 1 is 1.11 bits per heavy atom. The number of benzene rings is 1. The van der Waals surface area contributed by atoms with Gasteiger partial charge in [-0.05, 0) is 12.1 Å². The fourth-order valence-electron chi connectivity index (χ4n) is 1.98. The molecule has 0 aliphatic carbocycles. The summed E-state index contributed by atoms with van der Waals surface area (Å²) in [5, 5.41) is 3.78. The molecule has 1 heterocycles. The molecule has 12 heteroatoms. The van der Waals surface area contributed by atoms with E-state index in [0.717, 1.165) is 17.1 Å². The molecule has 0 bridgehead atoms. The summed E-state index contributed by atoms with van der Waals surface area (Å²) in [6, 6.07) is 6.28. The zero-order valence-corrected chi connectivity index (χ0v) is 14.5. The Morgan fingerprint density at radius 2 is 1.74 bits per heavy atom. The monoisotopic (exact) mass is 418 g/mol. The van der Waals surface area contributed by atoms with Crippen LogP contribution >= 0.6 is 0 Å². The Kier molecular flexibility index (Phi) is 5.88. The number of alkyl halides is 7. The highest BCUT2D eigenvalue weighted by Crippen LogP contribution is 2.46. The first-order valence-electron chi connectivity index (χ1n) is 7.38. The van der Waals surface area contributed by atoms with Crippen LogP contribution in [0.25, 0.3) is 5.69 Å². The number of ether oxygens (including phenoxy) is 1. The van der Waals surface area contributed by atoms with Crippen molar-refractivity contribution < 1.29 is 39.7 Å². The van der Waals surface area contributed by atoms with E-state index in [1.165, 1.54) is 6.07 Å². The van der Waals surface area contributed by atoms with E-state index in [2.05, 4.69) is 9.84 Å². The van der Waals surface area contributed by atoms with Crippen LogP contribution in [0.4, 0.5) is 30.7 Å². The molecule has 1 aromatic carbocycles. The molecule has 4 nitrogen and oxygen atoms in total. The lowest BCUT2D eigenvalue weighted by Crippen LogP contribution is -2.54. The Hall–Kier alpha value is -2.11. The summed E-state index contributed by atoms with van der Waals surface area (Å²) >= 11 is 0. The van der Waals surface area contributed by atoms with Crippen molar-refractivity contribution in [1.82, 2.24) is 9.78 Å². The van der Waals surface area contributed by atoms with Crippen molar-refractivity contribution in [3.8, 4) is 11.4 Å². The molecule has 150 valence electrons. The van der Waals surface area contributed by atoms with Crippen LogP contribution in [-0.4, -0.2) is 44.4 Å². The van der Waals surface area contributed by atoms with Crippen LogP contribution in [0.3, 0.4) is 0 Å². The van der Waals surface area contributed by atoms with Crippen molar-refractivity contribution >= 4 is 10.8 Å². The summed E-state index contributed by atoms with van der Waals surface area (Å²) in [4.78, 5) is 0.378. The molecular formula is C15H13F7N2O2S. The summed E-state index contributed by atoms with van der Waals surface area (Å²) < 4.78 is 106. The van der Waals surface area contributed by atoms with E-state index < -0.39 is 41.2 Å². The molecule has 1 atom stereocenters. The molecule has 0 amide bonds. The van der Waals surface area contributed by atoms with Crippen LogP contribution in [0, 0.1) is 0 Å². The van der Waals surface area contributed by atoms with E-state index in [9.17, 15) is 34.9 Å². The van der Waals surface area contributed by atoms with Gasteiger partial charge in [0.05, 0.1) is 33.8 Å². The van der Waals surface area contributed by atoms with Gasteiger partial charge in [-0.25, -0.2) is 4.68 Å². The van der Waals surface area contributed by atoms with Gasteiger partial charge >= 0.3 is 18.0 Å². The molecule has 0 saturated heterocycles. The quantitative estimate of drug-likeness (QED) is 0.633. The van der Waals surface area contributed by atoms with Crippen molar-refractivity contribution in [3.05, 3.63) is 36.7 Å². The fourth-order valence-corrected chi connectivity index (χ4v) is 2.92. The van der Waals surface area contributed by atoms with Crippen LogP contribution in [0.2, 0.25) is 0 Å². The predicted molar refractivity (Wildman–Crippen MR) is 82.0 cm³/mol. The first kappa shape index (κ1) is 21.2.